The van der Waals surface area contributed by atoms with Crippen LogP contribution in [0.2, 0.25) is 0 Å². The molecule has 0 bridgehead atoms. The second-order valence-corrected chi connectivity index (χ2v) is 5.16. The summed E-state index contributed by atoms with van der Waals surface area (Å²) in [6, 6.07) is 11.1. The van der Waals surface area contributed by atoms with Crippen LogP contribution >= 0.6 is 0 Å². The standard InChI is InChI=1S/C16H12O5/c17-10-7-8-16(15(19)14(10)18)20-11-5-1-3-9-4-2-6-12(21-16)13(9)11/h1-8,14-15,18-19H. The first-order chi connectivity index (χ1) is 10.1. The van der Waals surface area contributed by atoms with Gasteiger partial charge < -0.3 is 19.7 Å². The molecule has 2 aromatic rings. The van der Waals surface area contributed by atoms with Crippen LogP contribution in [0.5, 0.6) is 11.5 Å². The Morgan fingerprint density at radius 1 is 1.00 bits per heavy atom. The average molecular weight is 284 g/mol. The lowest BCUT2D eigenvalue weighted by molar-refractivity contribution is -0.191. The molecule has 1 aliphatic heterocycles. The summed E-state index contributed by atoms with van der Waals surface area (Å²) in [5.74, 6) is -1.08. The SMILES string of the molecule is O=C1C=CC2(Oc3cccc4cccc(c34)O2)C(O)C1O. The maximum absolute atomic E-state index is 11.5. The molecule has 1 spiro atoms. The van der Waals surface area contributed by atoms with Crippen molar-refractivity contribution in [3.05, 3.63) is 48.6 Å². The first-order valence-corrected chi connectivity index (χ1v) is 6.60. The first-order valence-electron chi connectivity index (χ1n) is 6.60. The summed E-state index contributed by atoms with van der Waals surface area (Å²) in [5.41, 5.74) is 0. The second kappa shape index (κ2) is 4.07. The molecule has 5 heteroatoms. The third-order valence-electron chi connectivity index (χ3n) is 3.85. The molecule has 2 N–H and O–H groups in total. The molecule has 0 amide bonds. The lowest BCUT2D eigenvalue weighted by Crippen LogP contribution is -2.60. The summed E-state index contributed by atoms with van der Waals surface area (Å²) in [7, 11) is 0. The van der Waals surface area contributed by atoms with Gasteiger partial charge in [-0.15, -0.1) is 0 Å². The Balaban J connectivity index is 1.91. The number of aliphatic hydroxyl groups excluding tert-OH is 2. The molecular weight excluding hydrogens is 272 g/mol. The number of hydrogen-bond donors (Lipinski definition) is 2. The number of carbonyl (C=O) groups is 1. The number of hydrogen-bond acceptors (Lipinski definition) is 5. The van der Waals surface area contributed by atoms with E-state index in [2.05, 4.69) is 0 Å². The molecule has 0 saturated heterocycles. The summed E-state index contributed by atoms with van der Waals surface area (Å²) in [4.78, 5) is 11.5. The number of benzene rings is 2. The Kier molecular flexibility index (Phi) is 2.40. The highest BCUT2D eigenvalue weighted by molar-refractivity contribution is 5.96. The van der Waals surface area contributed by atoms with Gasteiger partial charge in [0.05, 0.1) is 5.39 Å². The molecule has 0 radical (unpaired) electrons. The van der Waals surface area contributed by atoms with Gasteiger partial charge >= 0.3 is 5.79 Å². The van der Waals surface area contributed by atoms with E-state index in [-0.39, 0.29) is 0 Å². The van der Waals surface area contributed by atoms with Gasteiger partial charge in [-0.05, 0) is 23.6 Å². The minimum absolute atomic E-state index is 0.541. The molecule has 4 rings (SSSR count). The molecule has 2 aromatic carbocycles. The van der Waals surface area contributed by atoms with Crippen LogP contribution in [0, 0.1) is 0 Å². The van der Waals surface area contributed by atoms with Crippen molar-refractivity contribution in [2.75, 3.05) is 0 Å². The topological polar surface area (TPSA) is 76.0 Å². The van der Waals surface area contributed by atoms with Crippen LogP contribution in [-0.4, -0.2) is 34.0 Å². The predicted octanol–water partition coefficient (Wildman–Crippen LogP) is 1.17. The van der Waals surface area contributed by atoms with Crippen molar-refractivity contribution in [3.8, 4) is 11.5 Å². The Bertz CT molecular complexity index is 739. The Morgan fingerprint density at radius 2 is 1.62 bits per heavy atom. The van der Waals surface area contributed by atoms with Gasteiger partial charge in [-0.25, -0.2) is 0 Å². The van der Waals surface area contributed by atoms with Crippen molar-refractivity contribution in [1.82, 2.24) is 0 Å². The van der Waals surface area contributed by atoms with Crippen molar-refractivity contribution >= 4 is 16.6 Å². The molecule has 2 unspecified atom stereocenters. The highest BCUT2D eigenvalue weighted by Crippen LogP contribution is 2.44. The third kappa shape index (κ3) is 1.62. The van der Waals surface area contributed by atoms with E-state index in [1.165, 1.54) is 12.2 Å². The summed E-state index contributed by atoms with van der Waals surface area (Å²) >= 11 is 0. The van der Waals surface area contributed by atoms with Crippen molar-refractivity contribution in [3.63, 3.8) is 0 Å². The summed E-state index contributed by atoms with van der Waals surface area (Å²) in [5, 5.41) is 21.8. The molecule has 0 fully saturated rings. The van der Waals surface area contributed by atoms with Crippen LogP contribution in [-0.2, 0) is 4.79 Å². The van der Waals surface area contributed by atoms with Crippen molar-refractivity contribution < 1.29 is 24.5 Å². The second-order valence-electron chi connectivity index (χ2n) is 5.16. The molecule has 21 heavy (non-hydrogen) atoms. The zero-order valence-corrected chi connectivity index (χ0v) is 10.9. The number of rotatable bonds is 0. The largest absolute Gasteiger partial charge is 0.445 e. The van der Waals surface area contributed by atoms with Crippen LogP contribution in [0.3, 0.4) is 0 Å². The third-order valence-corrected chi connectivity index (χ3v) is 3.85. The van der Waals surface area contributed by atoms with E-state index in [1.807, 2.05) is 24.3 Å². The molecule has 2 aliphatic rings. The van der Waals surface area contributed by atoms with Gasteiger partial charge in [0.25, 0.3) is 0 Å². The molecule has 1 heterocycles. The number of carbonyl (C=O) groups excluding carboxylic acids is 1. The molecule has 106 valence electrons. The highest BCUT2D eigenvalue weighted by atomic mass is 16.7. The van der Waals surface area contributed by atoms with E-state index >= 15 is 0 Å². The molecule has 2 atom stereocenters. The van der Waals surface area contributed by atoms with Gasteiger partial charge in [-0.2, -0.15) is 0 Å². The lowest BCUT2D eigenvalue weighted by Gasteiger charge is -2.42. The average Bonchev–Trinajstić information content (AvgIpc) is 2.50. The zero-order valence-electron chi connectivity index (χ0n) is 10.9. The molecular formula is C16H12O5. The van der Waals surface area contributed by atoms with E-state index < -0.39 is 23.8 Å². The summed E-state index contributed by atoms with van der Waals surface area (Å²) in [6.45, 7) is 0. The monoisotopic (exact) mass is 284 g/mol. The maximum Gasteiger partial charge on any atom is 0.300 e. The fraction of sp³-hybridized carbons (Fsp3) is 0.188. The van der Waals surface area contributed by atoms with Crippen LogP contribution in [0.1, 0.15) is 0 Å². The van der Waals surface area contributed by atoms with Crippen LogP contribution < -0.4 is 9.47 Å². The van der Waals surface area contributed by atoms with Crippen LogP contribution in [0.4, 0.5) is 0 Å². The van der Waals surface area contributed by atoms with Gasteiger partial charge in [0.2, 0.25) is 0 Å². The van der Waals surface area contributed by atoms with E-state index in [4.69, 9.17) is 9.47 Å². The van der Waals surface area contributed by atoms with Crippen molar-refractivity contribution in [2.45, 2.75) is 18.0 Å². The maximum atomic E-state index is 11.5. The number of ketones is 1. The summed E-state index contributed by atoms with van der Waals surface area (Å²) < 4.78 is 11.6. The molecule has 1 aliphatic carbocycles. The van der Waals surface area contributed by atoms with Crippen LogP contribution in [0.25, 0.3) is 10.8 Å². The van der Waals surface area contributed by atoms with Gasteiger partial charge in [0.15, 0.2) is 18.0 Å². The Labute approximate surface area is 120 Å². The fourth-order valence-electron chi connectivity index (χ4n) is 2.77. The van der Waals surface area contributed by atoms with Crippen molar-refractivity contribution in [1.29, 1.82) is 0 Å². The molecule has 5 nitrogen and oxygen atoms in total. The van der Waals surface area contributed by atoms with Gasteiger partial charge in [-0.3, -0.25) is 4.79 Å². The predicted molar refractivity (Wildman–Crippen MR) is 74.1 cm³/mol. The van der Waals surface area contributed by atoms with E-state index in [0.29, 0.717) is 11.5 Å². The Morgan fingerprint density at radius 3 is 2.24 bits per heavy atom. The molecule has 0 saturated carbocycles. The fourth-order valence-corrected chi connectivity index (χ4v) is 2.77. The van der Waals surface area contributed by atoms with Gasteiger partial charge in [0, 0.05) is 6.08 Å². The number of aliphatic hydroxyl groups is 2. The molecule has 0 aromatic heterocycles. The van der Waals surface area contributed by atoms with Gasteiger partial charge in [0.1, 0.15) is 11.5 Å². The number of ether oxygens (including phenoxy) is 2. The van der Waals surface area contributed by atoms with Crippen LogP contribution in [0.15, 0.2) is 48.6 Å². The highest BCUT2D eigenvalue weighted by Gasteiger charge is 2.51. The van der Waals surface area contributed by atoms with E-state index in [9.17, 15) is 15.0 Å². The van der Waals surface area contributed by atoms with E-state index in [0.717, 1.165) is 10.8 Å². The minimum Gasteiger partial charge on any atom is -0.445 e. The summed E-state index contributed by atoms with van der Waals surface area (Å²) in [6.07, 6.45) is -0.550. The van der Waals surface area contributed by atoms with E-state index in [1.54, 1.807) is 12.1 Å². The quantitative estimate of drug-likeness (QED) is 0.759. The van der Waals surface area contributed by atoms with Gasteiger partial charge in [-0.1, -0.05) is 24.3 Å². The Hall–Kier alpha value is -2.37. The zero-order chi connectivity index (χ0) is 14.6. The first kappa shape index (κ1) is 12.4. The smallest absolute Gasteiger partial charge is 0.300 e. The normalized spacial score (nSPS) is 25.7. The minimum atomic E-state index is -1.59. The lowest BCUT2D eigenvalue weighted by atomic mass is 9.93. The van der Waals surface area contributed by atoms with Crippen molar-refractivity contribution in [2.24, 2.45) is 0 Å².